The minimum Gasteiger partial charge on any atom is -0.493 e. The Morgan fingerprint density at radius 1 is 1.10 bits per heavy atom. The van der Waals surface area contributed by atoms with Gasteiger partial charge in [0.2, 0.25) is 17.9 Å². The molecule has 0 radical (unpaired) electrons. The molecule has 0 amide bonds. The van der Waals surface area contributed by atoms with E-state index in [2.05, 4.69) is 9.97 Å². The van der Waals surface area contributed by atoms with Gasteiger partial charge in [0.1, 0.15) is 11.8 Å². The SMILES string of the molecule is CC(C)COc1cc(-c2ccccc2)ccc1[C@@H](Oc1cc(C2=CCC(C[C@H](N)C(=O)O)CC2)nc(N)n1)C(F)(F)F. The van der Waals surface area contributed by atoms with Crippen molar-refractivity contribution < 1.29 is 32.5 Å². The summed E-state index contributed by atoms with van der Waals surface area (Å²) in [6.45, 7) is 4.03. The fourth-order valence-electron chi connectivity index (χ4n) is 4.83. The highest BCUT2D eigenvalue weighted by Crippen LogP contribution is 2.42. The van der Waals surface area contributed by atoms with Gasteiger partial charge in [0, 0.05) is 11.6 Å². The molecule has 0 aliphatic heterocycles. The minimum absolute atomic E-state index is 0.0650. The Kier molecular flexibility index (Phi) is 9.72. The summed E-state index contributed by atoms with van der Waals surface area (Å²) >= 11 is 0. The van der Waals surface area contributed by atoms with E-state index in [9.17, 15) is 18.0 Å². The predicted molar refractivity (Wildman–Crippen MR) is 154 cm³/mol. The fraction of sp³-hybridized carbons (Fsp3) is 0.387. The van der Waals surface area contributed by atoms with Gasteiger partial charge >= 0.3 is 12.1 Å². The van der Waals surface area contributed by atoms with E-state index in [1.165, 1.54) is 12.1 Å². The number of aliphatic carboxylic acids is 1. The van der Waals surface area contributed by atoms with Gasteiger partial charge < -0.3 is 26.0 Å². The number of aromatic nitrogens is 2. The van der Waals surface area contributed by atoms with E-state index in [1.807, 2.05) is 50.3 Å². The molecule has 1 aromatic heterocycles. The van der Waals surface area contributed by atoms with Gasteiger partial charge in [-0.1, -0.05) is 62.4 Å². The van der Waals surface area contributed by atoms with Crippen LogP contribution in [-0.4, -0.2) is 39.9 Å². The van der Waals surface area contributed by atoms with E-state index >= 15 is 0 Å². The van der Waals surface area contributed by atoms with Crippen LogP contribution in [0.25, 0.3) is 16.7 Å². The normalized spacial score (nSPS) is 16.9. The zero-order valence-electron chi connectivity index (χ0n) is 23.5. The fourth-order valence-corrected chi connectivity index (χ4v) is 4.83. The number of nitrogens with two attached hydrogens (primary N) is 2. The van der Waals surface area contributed by atoms with Crippen molar-refractivity contribution in [1.82, 2.24) is 9.97 Å². The lowest BCUT2D eigenvalue weighted by molar-refractivity contribution is -0.199. The summed E-state index contributed by atoms with van der Waals surface area (Å²) in [5.41, 5.74) is 14.1. The number of carboxylic acid groups (broad SMARTS) is 1. The number of rotatable bonds is 11. The van der Waals surface area contributed by atoms with Crippen LogP contribution in [0.5, 0.6) is 11.6 Å². The number of halogens is 3. The Hall–Kier alpha value is -4.12. The maximum atomic E-state index is 14.5. The summed E-state index contributed by atoms with van der Waals surface area (Å²) in [6.07, 6.45) is -3.22. The van der Waals surface area contributed by atoms with E-state index in [0.29, 0.717) is 36.9 Å². The number of nitrogen functional groups attached to an aromatic ring is 1. The van der Waals surface area contributed by atoms with Gasteiger partial charge in [-0.15, -0.1) is 0 Å². The lowest BCUT2D eigenvalue weighted by Crippen LogP contribution is -2.32. The van der Waals surface area contributed by atoms with E-state index < -0.39 is 24.3 Å². The monoisotopic (exact) mass is 584 g/mol. The molecule has 1 unspecified atom stereocenters. The average molecular weight is 585 g/mol. The van der Waals surface area contributed by atoms with Crippen LogP contribution < -0.4 is 20.9 Å². The minimum atomic E-state index is -4.80. The zero-order valence-corrected chi connectivity index (χ0v) is 23.5. The maximum absolute atomic E-state index is 14.5. The molecule has 0 saturated carbocycles. The molecule has 42 heavy (non-hydrogen) atoms. The Morgan fingerprint density at radius 2 is 1.83 bits per heavy atom. The number of carbonyl (C=O) groups is 1. The molecule has 1 aliphatic rings. The smallest absolute Gasteiger partial charge is 0.429 e. The molecule has 3 atom stereocenters. The highest BCUT2D eigenvalue weighted by Gasteiger charge is 2.45. The predicted octanol–water partition coefficient (Wildman–Crippen LogP) is 6.43. The molecule has 224 valence electrons. The molecule has 3 aromatic rings. The van der Waals surface area contributed by atoms with Crippen LogP contribution in [-0.2, 0) is 4.79 Å². The Balaban J connectivity index is 1.63. The van der Waals surface area contributed by atoms with Crippen molar-refractivity contribution in [3.05, 3.63) is 71.9 Å². The van der Waals surface area contributed by atoms with Gasteiger partial charge in [0.05, 0.1) is 12.3 Å². The van der Waals surface area contributed by atoms with Crippen LogP contribution in [0.4, 0.5) is 19.1 Å². The summed E-state index contributed by atoms with van der Waals surface area (Å²) in [4.78, 5) is 19.3. The molecule has 4 rings (SSSR count). The lowest BCUT2D eigenvalue weighted by atomic mass is 9.84. The van der Waals surface area contributed by atoms with E-state index in [0.717, 1.165) is 11.1 Å². The topological polar surface area (TPSA) is 134 Å². The second kappa shape index (κ2) is 13.2. The summed E-state index contributed by atoms with van der Waals surface area (Å²) < 4.78 is 55.0. The van der Waals surface area contributed by atoms with Gasteiger partial charge in [-0.05, 0) is 60.3 Å². The molecule has 0 spiro atoms. The van der Waals surface area contributed by atoms with Gasteiger partial charge in [0.15, 0.2) is 0 Å². The Bertz CT molecular complexity index is 1410. The number of nitrogens with zero attached hydrogens (tertiary/aromatic N) is 2. The average Bonchev–Trinajstić information content (AvgIpc) is 2.94. The van der Waals surface area contributed by atoms with Crippen LogP contribution in [0.3, 0.4) is 0 Å². The molecule has 5 N–H and O–H groups in total. The second-order valence-electron chi connectivity index (χ2n) is 10.9. The van der Waals surface area contributed by atoms with Crippen molar-refractivity contribution in [1.29, 1.82) is 0 Å². The highest BCUT2D eigenvalue weighted by molar-refractivity contribution is 5.73. The van der Waals surface area contributed by atoms with Crippen molar-refractivity contribution in [2.45, 2.75) is 57.9 Å². The summed E-state index contributed by atoms with van der Waals surface area (Å²) in [5, 5.41) is 9.08. The number of alkyl halides is 3. The van der Waals surface area contributed by atoms with Crippen LogP contribution in [0, 0.1) is 11.8 Å². The van der Waals surface area contributed by atoms with E-state index in [1.54, 1.807) is 12.1 Å². The second-order valence-corrected chi connectivity index (χ2v) is 10.9. The summed E-state index contributed by atoms with van der Waals surface area (Å²) in [5.74, 6) is -1.38. The van der Waals surface area contributed by atoms with Crippen molar-refractivity contribution in [3.63, 3.8) is 0 Å². The molecule has 11 heteroatoms. The number of hydrogen-bond donors (Lipinski definition) is 3. The van der Waals surface area contributed by atoms with E-state index in [-0.39, 0.29) is 41.6 Å². The third-order valence-electron chi connectivity index (χ3n) is 6.98. The highest BCUT2D eigenvalue weighted by atomic mass is 19.4. The van der Waals surface area contributed by atoms with Crippen molar-refractivity contribution >= 4 is 17.5 Å². The number of hydrogen-bond acceptors (Lipinski definition) is 7. The number of carboxylic acids is 1. The molecule has 0 bridgehead atoms. The third kappa shape index (κ3) is 8.00. The van der Waals surface area contributed by atoms with Crippen LogP contribution >= 0.6 is 0 Å². The lowest BCUT2D eigenvalue weighted by Gasteiger charge is -2.25. The number of ether oxygens (including phenoxy) is 2. The molecule has 2 aromatic carbocycles. The zero-order chi connectivity index (χ0) is 30.4. The Morgan fingerprint density at radius 3 is 2.45 bits per heavy atom. The quantitative estimate of drug-likeness (QED) is 0.235. The molecule has 8 nitrogen and oxygen atoms in total. The van der Waals surface area contributed by atoms with Gasteiger partial charge in [-0.25, -0.2) is 4.98 Å². The largest absolute Gasteiger partial charge is 0.493 e. The van der Waals surface area contributed by atoms with Crippen LogP contribution in [0.2, 0.25) is 0 Å². The molecule has 1 aliphatic carbocycles. The first-order chi connectivity index (χ1) is 19.9. The number of anilines is 1. The van der Waals surface area contributed by atoms with Crippen molar-refractivity contribution in [2.24, 2.45) is 17.6 Å². The molecular weight excluding hydrogens is 549 g/mol. The molecule has 0 fully saturated rings. The standard InChI is InChI=1S/C31H35F3N4O4/c1-18(2)17-41-26-15-22(20-6-4-3-5-7-20)12-13-23(26)28(31(32,33)34)42-27-16-25(37-30(36)38-27)21-10-8-19(9-11-21)14-24(35)29(39)40/h3-7,10,12-13,15-16,18-19,24,28H,8-9,11,14,17,35H2,1-2H3,(H,39,40)(H2,36,37,38)/t19?,24-,28+/m0/s1. The summed E-state index contributed by atoms with van der Waals surface area (Å²) in [6, 6.07) is 14.3. The number of benzene rings is 2. The molecule has 0 saturated heterocycles. The first-order valence-electron chi connectivity index (χ1n) is 13.8. The van der Waals surface area contributed by atoms with E-state index in [4.69, 9.17) is 26.0 Å². The Labute approximate surface area is 242 Å². The summed E-state index contributed by atoms with van der Waals surface area (Å²) in [7, 11) is 0. The van der Waals surface area contributed by atoms with Crippen LogP contribution in [0.1, 0.15) is 56.9 Å². The van der Waals surface area contributed by atoms with Crippen molar-refractivity contribution in [3.8, 4) is 22.8 Å². The van der Waals surface area contributed by atoms with Crippen molar-refractivity contribution in [2.75, 3.05) is 12.3 Å². The van der Waals surface area contributed by atoms with Gasteiger partial charge in [-0.2, -0.15) is 18.2 Å². The molecular formula is C31H35F3N4O4. The molecule has 1 heterocycles. The first kappa shape index (κ1) is 30.8. The van der Waals surface area contributed by atoms with Crippen LogP contribution in [0.15, 0.2) is 60.7 Å². The maximum Gasteiger partial charge on any atom is 0.429 e. The van der Waals surface area contributed by atoms with Gasteiger partial charge in [-0.3, -0.25) is 4.79 Å². The first-order valence-corrected chi connectivity index (χ1v) is 13.8. The van der Waals surface area contributed by atoms with Gasteiger partial charge in [0.25, 0.3) is 0 Å². The third-order valence-corrected chi connectivity index (χ3v) is 6.98. The number of allylic oxidation sites excluding steroid dienone is 2.